The number of hydrogen-bond acceptors (Lipinski definition) is 2. The highest BCUT2D eigenvalue weighted by Gasteiger charge is 2.16. The van der Waals surface area contributed by atoms with E-state index >= 15 is 0 Å². The molecule has 3 heteroatoms. The molecular formula is C12H17N3. The normalized spacial score (nSPS) is 16.0. The van der Waals surface area contributed by atoms with Crippen LogP contribution in [0.15, 0.2) is 12.3 Å². The SMILES string of the molecule is Cn1cc(CNCC2CCC2)cc1C#N. The summed E-state index contributed by atoms with van der Waals surface area (Å²) in [6.45, 7) is 2.00. The Bertz CT molecular complexity index is 369. The minimum Gasteiger partial charge on any atom is -0.342 e. The first kappa shape index (κ1) is 10.3. The summed E-state index contributed by atoms with van der Waals surface area (Å²) >= 11 is 0. The molecule has 1 N–H and O–H groups in total. The summed E-state index contributed by atoms with van der Waals surface area (Å²) in [4.78, 5) is 0. The second kappa shape index (κ2) is 4.50. The predicted octanol–water partition coefficient (Wildman–Crippen LogP) is 1.79. The quantitative estimate of drug-likeness (QED) is 0.810. The van der Waals surface area contributed by atoms with Crippen molar-refractivity contribution in [1.29, 1.82) is 5.26 Å². The van der Waals surface area contributed by atoms with E-state index in [0.29, 0.717) is 0 Å². The van der Waals surface area contributed by atoms with Gasteiger partial charge in [0.25, 0.3) is 0 Å². The summed E-state index contributed by atoms with van der Waals surface area (Å²) < 4.78 is 1.88. The largest absolute Gasteiger partial charge is 0.342 e. The van der Waals surface area contributed by atoms with Gasteiger partial charge < -0.3 is 9.88 Å². The molecule has 0 saturated heterocycles. The van der Waals surface area contributed by atoms with Gasteiger partial charge in [0, 0.05) is 19.8 Å². The van der Waals surface area contributed by atoms with E-state index in [1.54, 1.807) is 0 Å². The fourth-order valence-electron chi connectivity index (χ4n) is 1.96. The first-order valence-corrected chi connectivity index (χ1v) is 5.55. The lowest BCUT2D eigenvalue weighted by atomic mass is 9.85. The van der Waals surface area contributed by atoms with Crippen molar-refractivity contribution in [2.24, 2.45) is 13.0 Å². The number of nitriles is 1. The number of nitrogens with one attached hydrogen (secondary N) is 1. The number of aryl methyl sites for hydroxylation is 1. The molecule has 2 rings (SSSR count). The second-order valence-electron chi connectivity index (χ2n) is 4.38. The monoisotopic (exact) mass is 203 g/mol. The molecule has 1 aliphatic carbocycles. The molecule has 0 unspecified atom stereocenters. The third-order valence-corrected chi connectivity index (χ3v) is 3.16. The van der Waals surface area contributed by atoms with E-state index in [4.69, 9.17) is 5.26 Å². The van der Waals surface area contributed by atoms with Crippen molar-refractivity contribution in [3.63, 3.8) is 0 Å². The fraction of sp³-hybridized carbons (Fsp3) is 0.583. The summed E-state index contributed by atoms with van der Waals surface area (Å²) in [6, 6.07) is 4.12. The molecule has 1 aromatic heterocycles. The Morgan fingerprint density at radius 1 is 1.60 bits per heavy atom. The van der Waals surface area contributed by atoms with Crippen molar-refractivity contribution in [2.75, 3.05) is 6.54 Å². The van der Waals surface area contributed by atoms with Gasteiger partial charge in [-0.2, -0.15) is 5.26 Å². The molecule has 1 aromatic rings. The Morgan fingerprint density at radius 2 is 2.40 bits per heavy atom. The average molecular weight is 203 g/mol. The van der Waals surface area contributed by atoms with E-state index in [2.05, 4.69) is 11.4 Å². The Labute approximate surface area is 90.7 Å². The van der Waals surface area contributed by atoms with Gasteiger partial charge in [0.05, 0.1) is 0 Å². The van der Waals surface area contributed by atoms with Crippen LogP contribution in [-0.2, 0) is 13.6 Å². The van der Waals surface area contributed by atoms with Gasteiger partial charge in [-0.15, -0.1) is 0 Å². The molecule has 0 aromatic carbocycles. The van der Waals surface area contributed by atoms with Crippen LogP contribution >= 0.6 is 0 Å². The molecule has 1 aliphatic rings. The Balaban J connectivity index is 1.80. The minimum absolute atomic E-state index is 0.732. The molecule has 1 saturated carbocycles. The van der Waals surface area contributed by atoms with Crippen LogP contribution in [0, 0.1) is 17.2 Å². The van der Waals surface area contributed by atoms with Gasteiger partial charge in [0.1, 0.15) is 11.8 Å². The first-order valence-electron chi connectivity index (χ1n) is 5.55. The molecule has 15 heavy (non-hydrogen) atoms. The number of aromatic nitrogens is 1. The molecule has 1 fully saturated rings. The van der Waals surface area contributed by atoms with E-state index < -0.39 is 0 Å². The van der Waals surface area contributed by atoms with Gasteiger partial charge in [-0.3, -0.25) is 0 Å². The molecule has 80 valence electrons. The maximum Gasteiger partial charge on any atom is 0.120 e. The third kappa shape index (κ3) is 2.40. The van der Waals surface area contributed by atoms with Crippen LogP contribution in [0.4, 0.5) is 0 Å². The minimum atomic E-state index is 0.732. The lowest BCUT2D eigenvalue weighted by molar-refractivity contribution is 0.301. The highest BCUT2D eigenvalue weighted by molar-refractivity contribution is 5.28. The number of rotatable bonds is 4. The molecule has 0 atom stereocenters. The van der Waals surface area contributed by atoms with Crippen LogP contribution in [0.3, 0.4) is 0 Å². The summed E-state index contributed by atoms with van der Waals surface area (Å²) in [5.74, 6) is 0.893. The van der Waals surface area contributed by atoms with Gasteiger partial charge in [-0.1, -0.05) is 6.42 Å². The molecule has 0 amide bonds. The summed E-state index contributed by atoms with van der Waals surface area (Å²) in [5, 5.41) is 12.2. The van der Waals surface area contributed by atoms with Crippen LogP contribution in [0.1, 0.15) is 30.5 Å². The summed E-state index contributed by atoms with van der Waals surface area (Å²) in [6.07, 6.45) is 6.18. The maximum atomic E-state index is 8.80. The lowest BCUT2D eigenvalue weighted by Gasteiger charge is -2.25. The van der Waals surface area contributed by atoms with E-state index in [1.165, 1.54) is 24.8 Å². The van der Waals surface area contributed by atoms with E-state index in [0.717, 1.165) is 24.7 Å². The van der Waals surface area contributed by atoms with E-state index in [9.17, 15) is 0 Å². The van der Waals surface area contributed by atoms with Gasteiger partial charge in [-0.05, 0) is 36.9 Å². The molecule has 0 aliphatic heterocycles. The van der Waals surface area contributed by atoms with Gasteiger partial charge in [0.2, 0.25) is 0 Å². The molecule has 0 spiro atoms. The van der Waals surface area contributed by atoms with Crippen LogP contribution in [0.5, 0.6) is 0 Å². The number of nitrogens with zero attached hydrogens (tertiary/aromatic N) is 2. The Kier molecular flexibility index (Phi) is 3.08. The topological polar surface area (TPSA) is 40.8 Å². The Morgan fingerprint density at radius 3 is 2.93 bits per heavy atom. The highest BCUT2D eigenvalue weighted by atomic mass is 14.9. The maximum absolute atomic E-state index is 8.80. The first-order chi connectivity index (χ1) is 7.29. The zero-order valence-corrected chi connectivity index (χ0v) is 9.16. The summed E-state index contributed by atoms with van der Waals surface area (Å²) in [7, 11) is 1.91. The predicted molar refractivity (Wildman–Crippen MR) is 59.2 cm³/mol. The fourth-order valence-corrected chi connectivity index (χ4v) is 1.96. The van der Waals surface area contributed by atoms with Crippen LogP contribution in [-0.4, -0.2) is 11.1 Å². The van der Waals surface area contributed by atoms with Crippen molar-refractivity contribution < 1.29 is 0 Å². The van der Waals surface area contributed by atoms with Crippen LogP contribution in [0.2, 0.25) is 0 Å². The van der Waals surface area contributed by atoms with Crippen LogP contribution < -0.4 is 5.32 Å². The van der Waals surface area contributed by atoms with Gasteiger partial charge in [0.15, 0.2) is 0 Å². The molecule has 1 heterocycles. The van der Waals surface area contributed by atoms with Crippen molar-refractivity contribution in [2.45, 2.75) is 25.8 Å². The molecule has 0 bridgehead atoms. The summed E-state index contributed by atoms with van der Waals surface area (Å²) in [5.41, 5.74) is 1.93. The van der Waals surface area contributed by atoms with Crippen molar-refractivity contribution in [3.05, 3.63) is 23.5 Å². The average Bonchev–Trinajstić information content (AvgIpc) is 2.51. The van der Waals surface area contributed by atoms with Crippen molar-refractivity contribution in [1.82, 2.24) is 9.88 Å². The van der Waals surface area contributed by atoms with Crippen molar-refractivity contribution >= 4 is 0 Å². The van der Waals surface area contributed by atoms with E-state index in [-0.39, 0.29) is 0 Å². The zero-order chi connectivity index (χ0) is 10.7. The second-order valence-corrected chi connectivity index (χ2v) is 4.38. The van der Waals surface area contributed by atoms with E-state index in [1.807, 2.05) is 23.9 Å². The van der Waals surface area contributed by atoms with Crippen molar-refractivity contribution in [3.8, 4) is 6.07 Å². The molecule has 0 radical (unpaired) electrons. The third-order valence-electron chi connectivity index (χ3n) is 3.16. The molecular weight excluding hydrogens is 186 g/mol. The zero-order valence-electron chi connectivity index (χ0n) is 9.16. The Hall–Kier alpha value is -1.27. The molecule has 3 nitrogen and oxygen atoms in total. The highest BCUT2D eigenvalue weighted by Crippen LogP contribution is 2.25. The standard InChI is InChI=1S/C12H17N3/c1-15-9-11(5-12(15)6-13)8-14-7-10-3-2-4-10/h5,9-10,14H,2-4,7-8H2,1H3. The number of hydrogen-bond donors (Lipinski definition) is 1. The smallest absolute Gasteiger partial charge is 0.120 e. The lowest BCUT2D eigenvalue weighted by Crippen LogP contribution is -2.26. The van der Waals surface area contributed by atoms with Crippen LogP contribution in [0.25, 0.3) is 0 Å². The van der Waals surface area contributed by atoms with Gasteiger partial charge >= 0.3 is 0 Å². The van der Waals surface area contributed by atoms with Gasteiger partial charge in [-0.25, -0.2) is 0 Å².